The first kappa shape index (κ1) is 22.4. The molecule has 2 saturated heterocycles. The molecule has 2 unspecified atom stereocenters. The molecule has 1 aromatic heterocycles. The maximum absolute atomic E-state index is 12.0. The average Bonchev–Trinajstić information content (AvgIpc) is 3.17. The third-order valence-electron chi connectivity index (χ3n) is 5.11. The summed E-state index contributed by atoms with van der Waals surface area (Å²) in [6.07, 6.45) is 4.78. The number of carbonyl (C=O) groups is 1. The number of likely N-dealkylation sites (N-methyl/N-ethyl adjacent to an activating group) is 1. The van der Waals surface area contributed by atoms with Crippen LogP contribution in [0.5, 0.6) is 0 Å². The van der Waals surface area contributed by atoms with Crippen LogP contribution in [0.4, 0.5) is 0 Å². The number of ether oxygens (including phenoxy) is 1. The molecule has 2 aliphatic rings. The van der Waals surface area contributed by atoms with E-state index in [1.54, 1.807) is 30.3 Å². The first-order valence-electron chi connectivity index (χ1n) is 9.51. The van der Waals surface area contributed by atoms with Crippen molar-refractivity contribution in [3.63, 3.8) is 0 Å². The number of guanidine groups is 1. The quantitative estimate of drug-likeness (QED) is 0.379. The molecule has 3 heterocycles. The lowest BCUT2D eigenvalue weighted by Crippen LogP contribution is -2.52. The smallest absolute Gasteiger partial charge is 0.243 e. The van der Waals surface area contributed by atoms with Crippen LogP contribution in [-0.4, -0.2) is 74.7 Å². The molecule has 2 fully saturated rings. The molecule has 1 N–H and O–H groups in total. The first-order valence-corrected chi connectivity index (χ1v) is 10.4. The fraction of sp³-hybridized carbons (Fsp3) is 0.684. The van der Waals surface area contributed by atoms with Gasteiger partial charge in [0.15, 0.2) is 5.96 Å². The Morgan fingerprint density at radius 2 is 2.30 bits per heavy atom. The Bertz CT molecular complexity index is 609. The van der Waals surface area contributed by atoms with E-state index in [4.69, 9.17) is 4.74 Å². The zero-order valence-electron chi connectivity index (χ0n) is 16.2. The van der Waals surface area contributed by atoms with Crippen LogP contribution in [0.2, 0.25) is 0 Å². The van der Waals surface area contributed by atoms with E-state index in [9.17, 15) is 4.79 Å². The first-order chi connectivity index (χ1) is 12.6. The molecule has 27 heavy (non-hydrogen) atoms. The molecule has 2 aliphatic heterocycles. The van der Waals surface area contributed by atoms with Crippen molar-refractivity contribution in [1.29, 1.82) is 0 Å². The fourth-order valence-electron chi connectivity index (χ4n) is 3.58. The van der Waals surface area contributed by atoms with Gasteiger partial charge < -0.3 is 19.9 Å². The summed E-state index contributed by atoms with van der Waals surface area (Å²) < 4.78 is 5.92. The number of amides is 1. The third kappa shape index (κ3) is 6.60. The van der Waals surface area contributed by atoms with E-state index in [0.29, 0.717) is 12.0 Å². The predicted octanol–water partition coefficient (Wildman–Crippen LogP) is 2.44. The summed E-state index contributed by atoms with van der Waals surface area (Å²) in [5, 5.41) is 5.59. The maximum atomic E-state index is 12.0. The maximum Gasteiger partial charge on any atom is 0.243 e. The van der Waals surface area contributed by atoms with Crippen LogP contribution in [0.25, 0.3) is 0 Å². The number of nitrogens with zero attached hydrogens (tertiary/aromatic N) is 3. The number of hydrogen-bond donors (Lipinski definition) is 1. The number of carbonyl (C=O) groups excluding carboxylic acids is 1. The van der Waals surface area contributed by atoms with Crippen molar-refractivity contribution in [3.8, 4) is 0 Å². The molecule has 1 aromatic rings. The average molecular weight is 506 g/mol. The van der Waals surface area contributed by atoms with E-state index in [2.05, 4.69) is 32.7 Å². The molecule has 8 heteroatoms. The highest BCUT2D eigenvalue weighted by Crippen LogP contribution is 2.28. The van der Waals surface area contributed by atoms with Gasteiger partial charge in [0.1, 0.15) is 6.54 Å². The van der Waals surface area contributed by atoms with E-state index >= 15 is 0 Å². The van der Waals surface area contributed by atoms with E-state index < -0.39 is 0 Å². The molecule has 1 amide bonds. The second kappa shape index (κ2) is 11.2. The zero-order valence-corrected chi connectivity index (χ0v) is 19.4. The van der Waals surface area contributed by atoms with Crippen molar-refractivity contribution in [2.24, 2.45) is 10.9 Å². The highest BCUT2D eigenvalue weighted by Gasteiger charge is 2.33. The number of hydrogen-bond acceptors (Lipinski definition) is 4. The third-order valence-corrected chi connectivity index (χ3v) is 6.05. The van der Waals surface area contributed by atoms with E-state index in [1.165, 1.54) is 11.3 Å². The number of likely N-dealkylation sites (tertiary alicyclic amines) is 1. The van der Waals surface area contributed by atoms with Gasteiger partial charge in [0.25, 0.3) is 0 Å². The Labute approximate surface area is 183 Å². The molecule has 0 bridgehead atoms. The highest BCUT2D eigenvalue weighted by molar-refractivity contribution is 14.0. The number of thiophene rings is 1. The van der Waals surface area contributed by atoms with Crippen molar-refractivity contribution < 1.29 is 9.53 Å². The molecular weight excluding hydrogens is 475 g/mol. The minimum Gasteiger partial charge on any atom is -0.378 e. The molecule has 6 nitrogen and oxygen atoms in total. The largest absolute Gasteiger partial charge is 0.378 e. The topological polar surface area (TPSA) is 57.2 Å². The minimum absolute atomic E-state index is 0. The molecule has 152 valence electrons. The van der Waals surface area contributed by atoms with Crippen molar-refractivity contribution in [1.82, 2.24) is 15.1 Å². The Hall–Kier alpha value is -0.870. The van der Waals surface area contributed by atoms with Gasteiger partial charge in [-0.05, 0) is 37.1 Å². The molecular formula is C19H31IN4O2S. The Morgan fingerprint density at radius 1 is 1.44 bits per heavy atom. The predicted molar refractivity (Wildman–Crippen MR) is 121 cm³/mol. The summed E-state index contributed by atoms with van der Waals surface area (Å²) in [6, 6.07) is 4.24. The van der Waals surface area contributed by atoms with Gasteiger partial charge >= 0.3 is 0 Å². The number of fused-ring (bicyclic) bond motifs is 1. The Kier molecular flexibility index (Phi) is 9.31. The second-order valence-electron chi connectivity index (χ2n) is 7.23. The minimum atomic E-state index is 0. The monoisotopic (exact) mass is 506 g/mol. The lowest BCUT2D eigenvalue weighted by Gasteiger charge is -2.42. The number of nitrogens with one attached hydrogen (secondary N) is 1. The normalized spacial score (nSPS) is 22.6. The Morgan fingerprint density at radius 3 is 3.04 bits per heavy atom. The summed E-state index contributed by atoms with van der Waals surface area (Å²) in [4.78, 5) is 21.9. The summed E-state index contributed by atoms with van der Waals surface area (Å²) in [5.41, 5.74) is 0. The lowest BCUT2D eigenvalue weighted by atomic mass is 9.88. The number of rotatable bonds is 5. The van der Waals surface area contributed by atoms with Crippen LogP contribution >= 0.6 is 35.3 Å². The fourth-order valence-corrected chi connectivity index (χ4v) is 4.29. The van der Waals surface area contributed by atoms with Crippen molar-refractivity contribution >= 4 is 47.2 Å². The molecule has 0 radical (unpaired) electrons. The van der Waals surface area contributed by atoms with Crippen LogP contribution in [0.3, 0.4) is 0 Å². The van der Waals surface area contributed by atoms with Crippen LogP contribution in [0.1, 0.15) is 24.1 Å². The zero-order chi connectivity index (χ0) is 18.4. The molecule has 2 atom stereocenters. The summed E-state index contributed by atoms with van der Waals surface area (Å²) in [7, 11) is 3.54. The molecule has 0 aromatic carbocycles. The van der Waals surface area contributed by atoms with Crippen molar-refractivity contribution in [2.75, 3.05) is 46.9 Å². The van der Waals surface area contributed by atoms with Crippen LogP contribution in [0, 0.1) is 5.92 Å². The number of aliphatic imine (C=N–C) groups is 1. The summed E-state index contributed by atoms with van der Waals surface area (Å²) in [5.74, 6) is 1.46. The van der Waals surface area contributed by atoms with Gasteiger partial charge in [-0.25, -0.2) is 4.99 Å². The van der Waals surface area contributed by atoms with Gasteiger partial charge in [-0.1, -0.05) is 6.07 Å². The SMILES string of the molecule is CN(C)C(=O)CN=C(NCCc1cccs1)N1CCC2OCCCC2C1.I. The lowest BCUT2D eigenvalue weighted by molar-refractivity contribution is -0.127. The van der Waals surface area contributed by atoms with Crippen LogP contribution in [-0.2, 0) is 16.0 Å². The molecule has 0 spiro atoms. The Balaban J connectivity index is 0.00000261. The van der Waals surface area contributed by atoms with Crippen molar-refractivity contribution in [3.05, 3.63) is 22.4 Å². The van der Waals surface area contributed by atoms with Gasteiger partial charge in [-0.2, -0.15) is 0 Å². The number of piperidine rings is 1. The number of halogens is 1. The molecule has 0 aliphatic carbocycles. The van der Waals surface area contributed by atoms with Gasteiger partial charge in [0, 0.05) is 51.1 Å². The summed E-state index contributed by atoms with van der Waals surface area (Å²) in [6.45, 7) is 3.82. The van der Waals surface area contributed by atoms with E-state index in [0.717, 1.165) is 51.5 Å². The molecule has 3 rings (SSSR count). The highest BCUT2D eigenvalue weighted by atomic mass is 127. The van der Waals surface area contributed by atoms with Gasteiger partial charge in [0.05, 0.1) is 6.10 Å². The van der Waals surface area contributed by atoms with Crippen LogP contribution < -0.4 is 5.32 Å². The second-order valence-corrected chi connectivity index (χ2v) is 8.26. The van der Waals surface area contributed by atoms with Crippen LogP contribution in [0.15, 0.2) is 22.5 Å². The van der Waals surface area contributed by atoms with Gasteiger partial charge in [-0.15, -0.1) is 35.3 Å². The van der Waals surface area contributed by atoms with Crippen molar-refractivity contribution in [2.45, 2.75) is 31.8 Å². The summed E-state index contributed by atoms with van der Waals surface area (Å²) >= 11 is 1.78. The van der Waals surface area contributed by atoms with E-state index in [1.807, 2.05) is 0 Å². The van der Waals surface area contributed by atoms with Gasteiger partial charge in [-0.3, -0.25) is 4.79 Å². The van der Waals surface area contributed by atoms with Gasteiger partial charge in [0.2, 0.25) is 5.91 Å². The standard InChI is InChI=1S/C19H30N4O2S.HI/c1-22(2)18(24)13-21-19(20-9-7-16-6-4-12-26-16)23-10-8-17-15(14-23)5-3-11-25-17;/h4,6,12,15,17H,3,5,7-11,13-14H2,1-2H3,(H,20,21);1H. The van der Waals surface area contributed by atoms with E-state index in [-0.39, 0.29) is 36.4 Å². The molecule has 0 saturated carbocycles.